The summed E-state index contributed by atoms with van der Waals surface area (Å²) in [5.74, 6) is -0.428. The molecule has 25 heavy (non-hydrogen) atoms. The molecule has 0 radical (unpaired) electrons. The molecule has 0 spiro atoms. The molecule has 2 N–H and O–H groups in total. The maximum absolute atomic E-state index is 12.1. The first-order chi connectivity index (χ1) is 12.2. The minimum Gasteiger partial charge on any atom is -0.348 e. The molecule has 3 aromatic rings. The summed E-state index contributed by atoms with van der Waals surface area (Å²) in [4.78, 5) is 32.0. The molecular formula is C19H16N4O2. The predicted octanol–water partition coefficient (Wildman–Crippen LogP) is 2.66. The van der Waals surface area contributed by atoms with Gasteiger partial charge in [0.25, 0.3) is 11.8 Å². The number of hydrogen-bond acceptors (Lipinski definition) is 4. The Morgan fingerprint density at radius 1 is 0.840 bits per heavy atom. The Bertz CT molecular complexity index is 867. The average Bonchev–Trinajstić information content (AvgIpc) is 2.68. The molecule has 1 aromatic carbocycles. The number of anilines is 1. The van der Waals surface area contributed by atoms with Crippen LogP contribution in [0.5, 0.6) is 0 Å². The molecule has 2 amide bonds. The Hall–Kier alpha value is -3.54. The molecular weight excluding hydrogens is 316 g/mol. The van der Waals surface area contributed by atoms with Crippen molar-refractivity contribution in [1.29, 1.82) is 0 Å². The number of benzene rings is 1. The summed E-state index contributed by atoms with van der Waals surface area (Å²) in [6.45, 7) is 0.352. The fourth-order valence-corrected chi connectivity index (χ4v) is 2.24. The molecule has 0 fully saturated rings. The van der Waals surface area contributed by atoms with Crippen molar-refractivity contribution >= 4 is 17.5 Å². The standard InChI is InChI=1S/C19H16N4O2/c24-18(15-5-2-8-20-12-15)22-11-14-4-1-7-17(10-14)23-19(25)16-6-3-9-21-13-16/h1-10,12-13H,11H2,(H,22,24)(H,23,25). The van der Waals surface area contributed by atoms with E-state index in [1.807, 2.05) is 18.2 Å². The van der Waals surface area contributed by atoms with E-state index >= 15 is 0 Å². The molecule has 6 heteroatoms. The quantitative estimate of drug-likeness (QED) is 0.752. The second kappa shape index (κ2) is 7.83. The van der Waals surface area contributed by atoms with Gasteiger partial charge in [-0.3, -0.25) is 19.6 Å². The summed E-state index contributed by atoms with van der Waals surface area (Å²) in [5, 5.41) is 5.64. The maximum atomic E-state index is 12.1. The van der Waals surface area contributed by atoms with Gasteiger partial charge >= 0.3 is 0 Å². The van der Waals surface area contributed by atoms with E-state index < -0.39 is 0 Å². The van der Waals surface area contributed by atoms with Crippen LogP contribution in [0, 0.1) is 0 Å². The zero-order valence-electron chi connectivity index (χ0n) is 13.3. The van der Waals surface area contributed by atoms with E-state index in [9.17, 15) is 9.59 Å². The Morgan fingerprint density at radius 3 is 2.16 bits per heavy atom. The number of amides is 2. The summed E-state index contributed by atoms with van der Waals surface area (Å²) in [5.41, 5.74) is 2.52. The van der Waals surface area contributed by atoms with Gasteiger partial charge < -0.3 is 10.6 Å². The highest BCUT2D eigenvalue weighted by molar-refractivity contribution is 6.04. The third-order valence-corrected chi connectivity index (χ3v) is 3.49. The topological polar surface area (TPSA) is 84.0 Å². The van der Waals surface area contributed by atoms with E-state index in [1.54, 1.807) is 42.7 Å². The molecule has 6 nitrogen and oxygen atoms in total. The van der Waals surface area contributed by atoms with Crippen molar-refractivity contribution in [3.05, 3.63) is 90.0 Å². The summed E-state index contributed by atoms with van der Waals surface area (Å²) in [7, 11) is 0. The number of carbonyl (C=O) groups excluding carboxylic acids is 2. The zero-order chi connectivity index (χ0) is 17.5. The first-order valence-electron chi connectivity index (χ1n) is 7.71. The summed E-state index contributed by atoms with van der Waals surface area (Å²) in [6.07, 6.45) is 6.25. The van der Waals surface area contributed by atoms with Crippen molar-refractivity contribution in [1.82, 2.24) is 15.3 Å². The first kappa shape index (κ1) is 16.3. The molecule has 0 aliphatic heterocycles. The zero-order valence-corrected chi connectivity index (χ0v) is 13.3. The highest BCUT2D eigenvalue weighted by Gasteiger charge is 2.07. The Kier molecular flexibility index (Phi) is 5.11. The van der Waals surface area contributed by atoms with Gasteiger partial charge in [-0.15, -0.1) is 0 Å². The van der Waals surface area contributed by atoms with Gasteiger partial charge in [0.1, 0.15) is 0 Å². The molecule has 0 unspecified atom stereocenters. The van der Waals surface area contributed by atoms with E-state index in [-0.39, 0.29) is 11.8 Å². The minimum absolute atomic E-state index is 0.196. The highest BCUT2D eigenvalue weighted by Crippen LogP contribution is 2.12. The summed E-state index contributed by atoms with van der Waals surface area (Å²) >= 11 is 0. The van der Waals surface area contributed by atoms with Crippen molar-refractivity contribution < 1.29 is 9.59 Å². The van der Waals surface area contributed by atoms with Crippen LogP contribution in [0.1, 0.15) is 26.3 Å². The van der Waals surface area contributed by atoms with E-state index in [4.69, 9.17) is 0 Å². The third kappa shape index (κ3) is 4.48. The van der Waals surface area contributed by atoms with Crippen molar-refractivity contribution in [3.63, 3.8) is 0 Å². The number of rotatable bonds is 5. The number of nitrogens with zero attached hydrogens (tertiary/aromatic N) is 2. The molecule has 0 saturated heterocycles. The van der Waals surface area contributed by atoms with Crippen LogP contribution in [-0.2, 0) is 6.54 Å². The van der Waals surface area contributed by atoms with Gasteiger partial charge in [0, 0.05) is 37.0 Å². The van der Waals surface area contributed by atoms with E-state index in [1.165, 1.54) is 12.4 Å². The van der Waals surface area contributed by atoms with Crippen LogP contribution in [0.2, 0.25) is 0 Å². The van der Waals surface area contributed by atoms with Gasteiger partial charge in [-0.1, -0.05) is 12.1 Å². The van der Waals surface area contributed by atoms with Crippen LogP contribution in [0.3, 0.4) is 0 Å². The maximum Gasteiger partial charge on any atom is 0.257 e. The van der Waals surface area contributed by atoms with Crippen LogP contribution in [0.4, 0.5) is 5.69 Å². The van der Waals surface area contributed by atoms with Gasteiger partial charge in [-0.05, 0) is 42.0 Å². The molecule has 2 heterocycles. The van der Waals surface area contributed by atoms with E-state index in [0.29, 0.717) is 23.4 Å². The number of carbonyl (C=O) groups is 2. The Balaban J connectivity index is 1.62. The largest absolute Gasteiger partial charge is 0.348 e. The van der Waals surface area contributed by atoms with Gasteiger partial charge in [0.2, 0.25) is 0 Å². The van der Waals surface area contributed by atoms with Gasteiger partial charge in [0.15, 0.2) is 0 Å². The smallest absolute Gasteiger partial charge is 0.257 e. The summed E-state index contributed by atoms with van der Waals surface area (Å²) < 4.78 is 0. The van der Waals surface area contributed by atoms with Crippen LogP contribution >= 0.6 is 0 Å². The lowest BCUT2D eigenvalue weighted by Crippen LogP contribution is -2.23. The van der Waals surface area contributed by atoms with Crippen LogP contribution < -0.4 is 10.6 Å². The van der Waals surface area contributed by atoms with E-state index in [2.05, 4.69) is 20.6 Å². The minimum atomic E-state index is -0.232. The van der Waals surface area contributed by atoms with Crippen molar-refractivity contribution in [3.8, 4) is 0 Å². The molecule has 0 aliphatic carbocycles. The van der Waals surface area contributed by atoms with Crippen LogP contribution in [0.15, 0.2) is 73.3 Å². The SMILES string of the molecule is O=C(NCc1cccc(NC(=O)c2cccnc2)c1)c1cccnc1. The molecule has 0 atom stereocenters. The van der Waals surface area contributed by atoms with Crippen molar-refractivity contribution in [2.45, 2.75) is 6.54 Å². The first-order valence-corrected chi connectivity index (χ1v) is 7.71. The van der Waals surface area contributed by atoms with E-state index in [0.717, 1.165) is 5.56 Å². The fraction of sp³-hybridized carbons (Fsp3) is 0.0526. The average molecular weight is 332 g/mol. The third-order valence-electron chi connectivity index (χ3n) is 3.49. The van der Waals surface area contributed by atoms with Gasteiger partial charge in [-0.2, -0.15) is 0 Å². The Morgan fingerprint density at radius 2 is 1.52 bits per heavy atom. The molecule has 3 rings (SSSR count). The number of pyridine rings is 2. The predicted molar refractivity (Wildman–Crippen MR) is 94.0 cm³/mol. The monoisotopic (exact) mass is 332 g/mol. The lowest BCUT2D eigenvalue weighted by molar-refractivity contribution is 0.0949. The molecule has 2 aromatic heterocycles. The molecule has 0 saturated carbocycles. The number of hydrogen-bond donors (Lipinski definition) is 2. The fourth-order valence-electron chi connectivity index (χ4n) is 2.24. The van der Waals surface area contributed by atoms with Crippen molar-refractivity contribution in [2.24, 2.45) is 0 Å². The van der Waals surface area contributed by atoms with Gasteiger partial charge in [0.05, 0.1) is 11.1 Å². The number of nitrogens with one attached hydrogen (secondary N) is 2. The Labute approximate surface area is 145 Å². The molecule has 0 bridgehead atoms. The van der Waals surface area contributed by atoms with Crippen molar-refractivity contribution in [2.75, 3.05) is 5.32 Å². The summed E-state index contributed by atoms with van der Waals surface area (Å²) in [6, 6.07) is 14.1. The van der Waals surface area contributed by atoms with Crippen LogP contribution in [-0.4, -0.2) is 21.8 Å². The molecule has 0 aliphatic rings. The normalized spacial score (nSPS) is 10.1. The second-order valence-corrected chi connectivity index (χ2v) is 5.32. The van der Waals surface area contributed by atoms with Gasteiger partial charge in [-0.25, -0.2) is 0 Å². The second-order valence-electron chi connectivity index (χ2n) is 5.32. The highest BCUT2D eigenvalue weighted by atomic mass is 16.2. The molecule has 124 valence electrons. The lowest BCUT2D eigenvalue weighted by Gasteiger charge is -2.09. The lowest BCUT2D eigenvalue weighted by atomic mass is 10.2. The number of aromatic nitrogens is 2. The van der Waals surface area contributed by atoms with Crippen LogP contribution in [0.25, 0.3) is 0 Å².